The molecule has 2 nitrogen and oxygen atoms in total. The van der Waals surface area contributed by atoms with Crippen molar-refractivity contribution in [3.05, 3.63) is 109 Å². The molecule has 30 heavy (non-hydrogen) atoms. The summed E-state index contributed by atoms with van der Waals surface area (Å²) in [6, 6.07) is 34.6. The van der Waals surface area contributed by atoms with Crippen LogP contribution in [0.5, 0.6) is 11.5 Å². The van der Waals surface area contributed by atoms with Gasteiger partial charge in [0.1, 0.15) is 11.5 Å². The Hall–Kier alpha value is -3.78. The van der Waals surface area contributed by atoms with Crippen molar-refractivity contribution < 1.29 is 9.84 Å². The first kappa shape index (κ1) is 18.3. The van der Waals surface area contributed by atoms with Crippen molar-refractivity contribution in [3.63, 3.8) is 0 Å². The molecule has 0 amide bonds. The first-order valence-electron chi connectivity index (χ1n) is 10.2. The van der Waals surface area contributed by atoms with Crippen LogP contribution >= 0.6 is 0 Å². The molecule has 146 valence electrons. The number of phenolic OH excluding ortho intramolecular Hbond substituents is 1. The fourth-order valence-electron chi connectivity index (χ4n) is 4.08. The lowest BCUT2D eigenvalue weighted by Gasteiger charge is -2.17. The van der Waals surface area contributed by atoms with E-state index in [0.717, 1.165) is 44.8 Å². The number of phenols is 1. The number of rotatable bonds is 5. The van der Waals surface area contributed by atoms with Crippen LogP contribution in [-0.4, -0.2) is 11.7 Å². The average Bonchev–Trinajstić information content (AvgIpc) is 2.80. The second-order valence-corrected chi connectivity index (χ2v) is 7.42. The van der Waals surface area contributed by atoms with Gasteiger partial charge < -0.3 is 9.84 Å². The molecule has 5 aromatic rings. The van der Waals surface area contributed by atoms with E-state index in [1.165, 1.54) is 5.56 Å². The van der Waals surface area contributed by atoms with Crippen LogP contribution in [0.3, 0.4) is 0 Å². The largest absolute Gasteiger partial charge is 0.507 e. The normalized spacial score (nSPS) is 11.1. The fourth-order valence-corrected chi connectivity index (χ4v) is 4.08. The zero-order chi connectivity index (χ0) is 20.3. The zero-order valence-electron chi connectivity index (χ0n) is 16.6. The van der Waals surface area contributed by atoms with Gasteiger partial charge in [-0.2, -0.15) is 0 Å². The molecule has 0 aromatic heterocycles. The molecule has 0 saturated heterocycles. The van der Waals surface area contributed by atoms with E-state index in [9.17, 15) is 5.11 Å². The Bertz CT molecular complexity index is 1320. The third-order valence-corrected chi connectivity index (χ3v) is 5.54. The second kappa shape index (κ2) is 7.92. The smallest absolute Gasteiger partial charge is 0.127 e. The highest BCUT2D eigenvalue weighted by Crippen LogP contribution is 2.44. The molecule has 2 heteroatoms. The fraction of sp³-hybridized carbons (Fsp3) is 0.0714. The van der Waals surface area contributed by atoms with E-state index in [4.69, 9.17) is 4.74 Å². The van der Waals surface area contributed by atoms with Crippen molar-refractivity contribution in [1.29, 1.82) is 0 Å². The summed E-state index contributed by atoms with van der Waals surface area (Å²) in [6.07, 6.45) is 0.828. The molecule has 0 bridgehead atoms. The first-order valence-corrected chi connectivity index (χ1v) is 10.2. The molecule has 0 heterocycles. The van der Waals surface area contributed by atoms with Gasteiger partial charge in [-0.1, -0.05) is 91.0 Å². The molecule has 0 aliphatic heterocycles. The van der Waals surface area contributed by atoms with Crippen molar-refractivity contribution in [2.24, 2.45) is 0 Å². The van der Waals surface area contributed by atoms with E-state index in [0.29, 0.717) is 6.61 Å². The van der Waals surface area contributed by atoms with Crippen molar-refractivity contribution in [3.8, 4) is 22.6 Å². The molecular weight excluding hydrogens is 368 g/mol. The highest BCUT2D eigenvalue weighted by atomic mass is 16.5. The summed E-state index contributed by atoms with van der Waals surface area (Å²) in [5.74, 6) is 1.05. The van der Waals surface area contributed by atoms with Crippen LogP contribution in [0.1, 0.15) is 5.56 Å². The Morgan fingerprint density at radius 2 is 1.17 bits per heavy atom. The zero-order valence-corrected chi connectivity index (χ0v) is 16.6. The van der Waals surface area contributed by atoms with Gasteiger partial charge >= 0.3 is 0 Å². The highest BCUT2D eigenvalue weighted by molar-refractivity contribution is 6.09. The summed E-state index contributed by atoms with van der Waals surface area (Å²) in [6.45, 7) is 0.570. The van der Waals surface area contributed by atoms with Gasteiger partial charge in [-0.05, 0) is 39.2 Å². The minimum atomic E-state index is 0.262. The van der Waals surface area contributed by atoms with E-state index in [1.807, 2.05) is 54.6 Å². The van der Waals surface area contributed by atoms with Gasteiger partial charge in [-0.3, -0.25) is 0 Å². The standard InChI is InChI=1S/C28H22O2/c29-25-16-14-21-10-4-6-12-23(21)27(25)28-24-13-7-5-11-22(24)15-17-26(28)30-19-18-20-8-2-1-3-9-20/h1-17,29H,18-19H2. The molecule has 0 aliphatic carbocycles. The second-order valence-electron chi connectivity index (χ2n) is 7.42. The van der Waals surface area contributed by atoms with Gasteiger partial charge in [0.15, 0.2) is 0 Å². The van der Waals surface area contributed by atoms with Gasteiger partial charge in [-0.25, -0.2) is 0 Å². The van der Waals surface area contributed by atoms with E-state index in [1.54, 1.807) is 6.07 Å². The molecule has 0 spiro atoms. The van der Waals surface area contributed by atoms with Gasteiger partial charge in [0.05, 0.1) is 6.61 Å². The predicted molar refractivity (Wildman–Crippen MR) is 124 cm³/mol. The third-order valence-electron chi connectivity index (χ3n) is 5.54. The van der Waals surface area contributed by atoms with Gasteiger partial charge in [0, 0.05) is 17.5 Å². The van der Waals surface area contributed by atoms with Crippen LogP contribution < -0.4 is 4.74 Å². The third kappa shape index (κ3) is 3.37. The Morgan fingerprint density at radius 1 is 0.567 bits per heavy atom. The number of ether oxygens (including phenoxy) is 1. The molecular formula is C28H22O2. The summed E-state index contributed by atoms with van der Waals surface area (Å²) in [4.78, 5) is 0. The molecule has 1 N–H and O–H groups in total. The van der Waals surface area contributed by atoms with Gasteiger partial charge in [0.25, 0.3) is 0 Å². The van der Waals surface area contributed by atoms with Crippen LogP contribution in [0.25, 0.3) is 32.7 Å². The maximum Gasteiger partial charge on any atom is 0.127 e. The predicted octanol–water partition coefficient (Wildman–Crippen LogP) is 6.99. The summed E-state index contributed by atoms with van der Waals surface area (Å²) in [7, 11) is 0. The Balaban J connectivity index is 1.65. The molecule has 0 aliphatic rings. The number of hydrogen-bond acceptors (Lipinski definition) is 2. The lowest BCUT2D eigenvalue weighted by atomic mass is 9.92. The quantitative estimate of drug-likeness (QED) is 0.350. The van der Waals surface area contributed by atoms with E-state index < -0.39 is 0 Å². The summed E-state index contributed by atoms with van der Waals surface area (Å²) < 4.78 is 6.30. The summed E-state index contributed by atoms with van der Waals surface area (Å²) >= 11 is 0. The Kier molecular flexibility index (Phi) is 4.82. The molecule has 0 atom stereocenters. The van der Waals surface area contributed by atoms with E-state index >= 15 is 0 Å². The topological polar surface area (TPSA) is 29.5 Å². The lowest BCUT2D eigenvalue weighted by Crippen LogP contribution is -2.03. The SMILES string of the molecule is Oc1ccc2ccccc2c1-c1c(OCCc2ccccc2)ccc2ccccc12. The summed E-state index contributed by atoms with van der Waals surface area (Å²) in [5.41, 5.74) is 3.00. The minimum Gasteiger partial charge on any atom is -0.507 e. The van der Waals surface area contributed by atoms with Gasteiger partial charge in [0.2, 0.25) is 0 Å². The lowest BCUT2D eigenvalue weighted by molar-refractivity contribution is 0.323. The van der Waals surface area contributed by atoms with Gasteiger partial charge in [-0.15, -0.1) is 0 Å². The first-order chi connectivity index (χ1) is 14.8. The Morgan fingerprint density at radius 3 is 1.90 bits per heavy atom. The number of aromatic hydroxyl groups is 1. The monoisotopic (exact) mass is 390 g/mol. The maximum atomic E-state index is 10.9. The molecule has 5 aromatic carbocycles. The molecule has 0 saturated carbocycles. The van der Waals surface area contributed by atoms with Crippen LogP contribution in [0.4, 0.5) is 0 Å². The van der Waals surface area contributed by atoms with Crippen molar-refractivity contribution in [2.75, 3.05) is 6.61 Å². The molecule has 0 unspecified atom stereocenters. The molecule has 5 rings (SSSR count). The van der Waals surface area contributed by atoms with Crippen LogP contribution in [-0.2, 0) is 6.42 Å². The summed E-state index contributed by atoms with van der Waals surface area (Å²) in [5, 5.41) is 15.2. The number of benzene rings is 5. The van der Waals surface area contributed by atoms with Crippen molar-refractivity contribution in [2.45, 2.75) is 6.42 Å². The average molecular weight is 390 g/mol. The number of fused-ring (bicyclic) bond motifs is 2. The van der Waals surface area contributed by atoms with Crippen molar-refractivity contribution in [1.82, 2.24) is 0 Å². The molecule has 0 fully saturated rings. The Labute approximate surface area is 176 Å². The minimum absolute atomic E-state index is 0.262. The van der Waals surface area contributed by atoms with E-state index in [2.05, 4.69) is 42.5 Å². The molecule has 0 radical (unpaired) electrons. The van der Waals surface area contributed by atoms with Crippen LogP contribution in [0.15, 0.2) is 103 Å². The maximum absolute atomic E-state index is 10.9. The highest BCUT2D eigenvalue weighted by Gasteiger charge is 2.17. The van der Waals surface area contributed by atoms with E-state index in [-0.39, 0.29) is 5.75 Å². The van der Waals surface area contributed by atoms with Crippen LogP contribution in [0, 0.1) is 0 Å². The number of hydrogen-bond donors (Lipinski definition) is 1. The van der Waals surface area contributed by atoms with Crippen molar-refractivity contribution >= 4 is 21.5 Å². The van der Waals surface area contributed by atoms with Crippen LogP contribution in [0.2, 0.25) is 0 Å².